The molecule has 0 radical (unpaired) electrons. The number of benzene rings is 2. The van der Waals surface area contributed by atoms with Gasteiger partial charge in [0, 0.05) is 24.0 Å². The fraction of sp³-hybridized carbons (Fsp3) is 0.174. The highest BCUT2D eigenvalue weighted by Gasteiger charge is 2.20. The van der Waals surface area contributed by atoms with Crippen molar-refractivity contribution in [3.63, 3.8) is 0 Å². The summed E-state index contributed by atoms with van der Waals surface area (Å²) in [5.41, 5.74) is 16.3. The average Bonchev–Trinajstić information content (AvgIpc) is 3.14. The number of aryl methyl sites for hydroxylation is 1. The first kappa shape index (κ1) is 20.8. The van der Waals surface area contributed by atoms with Crippen molar-refractivity contribution in [2.75, 3.05) is 24.4 Å². The van der Waals surface area contributed by atoms with Gasteiger partial charge >= 0.3 is 6.03 Å². The lowest BCUT2D eigenvalue weighted by molar-refractivity contribution is 0.203. The van der Waals surface area contributed by atoms with Crippen molar-refractivity contribution < 1.29 is 9.53 Å². The normalized spacial score (nSPS) is 11.0. The number of carbonyl (C=O) groups is 1. The van der Waals surface area contributed by atoms with E-state index in [1.807, 2.05) is 55.5 Å². The maximum absolute atomic E-state index is 12.3. The maximum atomic E-state index is 12.3. The Morgan fingerprint density at radius 2 is 1.87 bits per heavy atom. The van der Waals surface area contributed by atoms with E-state index in [-0.39, 0.29) is 0 Å². The number of nitrogens with two attached hydrogens (primary N) is 2. The van der Waals surface area contributed by atoms with Crippen LogP contribution in [-0.4, -0.2) is 29.7 Å². The molecule has 4 rings (SSSR count). The molecule has 31 heavy (non-hydrogen) atoms. The number of rotatable bonds is 6. The zero-order valence-electron chi connectivity index (χ0n) is 17.3. The number of thiophene rings is 1. The van der Waals surface area contributed by atoms with E-state index >= 15 is 0 Å². The zero-order chi connectivity index (χ0) is 22.0. The first-order chi connectivity index (χ1) is 15.0. The third kappa shape index (κ3) is 3.95. The number of nitrogen functional groups attached to an aromatic ring is 1. The van der Waals surface area contributed by atoms with Crippen molar-refractivity contribution in [3.8, 4) is 11.1 Å². The van der Waals surface area contributed by atoms with Crippen molar-refractivity contribution in [1.82, 2.24) is 9.97 Å². The Kier molecular flexibility index (Phi) is 5.83. The molecular formula is C23H23N5O2S. The van der Waals surface area contributed by atoms with Gasteiger partial charge in [-0.25, -0.2) is 14.8 Å². The molecule has 0 aliphatic carbocycles. The molecule has 0 aliphatic rings. The van der Waals surface area contributed by atoms with Gasteiger partial charge in [-0.1, -0.05) is 30.3 Å². The van der Waals surface area contributed by atoms with E-state index in [2.05, 4.69) is 9.97 Å². The van der Waals surface area contributed by atoms with Gasteiger partial charge in [-0.05, 0) is 36.2 Å². The minimum absolute atomic E-state index is 0.447. The molecule has 2 aromatic carbocycles. The van der Waals surface area contributed by atoms with Gasteiger partial charge < -0.3 is 16.2 Å². The number of fused-ring (bicyclic) bond motifs is 1. The summed E-state index contributed by atoms with van der Waals surface area (Å²) in [4.78, 5) is 24.3. The van der Waals surface area contributed by atoms with Crippen LogP contribution in [0.2, 0.25) is 0 Å². The van der Waals surface area contributed by atoms with Crippen molar-refractivity contribution >= 4 is 44.8 Å². The number of urea groups is 1. The van der Waals surface area contributed by atoms with Crippen LogP contribution in [0, 0.1) is 6.92 Å². The molecular weight excluding hydrogens is 410 g/mol. The van der Waals surface area contributed by atoms with Crippen molar-refractivity contribution in [2.24, 2.45) is 5.73 Å². The molecule has 158 valence electrons. The van der Waals surface area contributed by atoms with E-state index in [1.54, 1.807) is 18.4 Å². The van der Waals surface area contributed by atoms with Gasteiger partial charge in [-0.2, -0.15) is 0 Å². The lowest BCUT2D eigenvalue weighted by Crippen LogP contribution is -2.31. The predicted octanol–water partition coefficient (Wildman–Crippen LogP) is 4.65. The Bertz CT molecular complexity index is 1240. The SMILES string of the molecule is COCCc1sc2ncnc(N)c2c1-c1ccc(N(C(N)=O)c2ccccc2C)cc1. The molecule has 0 aliphatic heterocycles. The average molecular weight is 434 g/mol. The fourth-order valence-corrected chi connectivity index (χ4v) is 4.80. The molecule has 0 atom stereocenters. The summed E-state index contributed by atoms with van der Waals surface area (Å²) in [5.74, 6) is 0.447. The second-order valence-corrected chi connectivity index (χ2v) is 8.17. The molecule has 0 saturated heterocycles. The van der Waals surface area contributed by atoms with E-state index in [4.69, 9.17) is 16.2 Å². The minimum atomic E-state index is -0.540. The first-order valence-electron chi connectivity index (χ1n) is 9.77. The minimum Gasteiger partial charge on any atom is -0.384 e. The van der Waals surface area contributed by atoms with Gasteiger partial charge in [0.05, 0.1) is 23.4 Å². The van der Waals surface area contributed by atoms with Crippen molar-refractivity contribution in [3.05, 3.63) is 65.3 Å². The molecule has 4 aromatic rings. The van der Waals surface area contributed by atoms with Gasteiger partial charge in [0.2, 0.25) is 0 Å². The summed E-state index contributed by atoms with van der Waals surface area (Å²) < 4.78 is 5.28. The lowest BCUT2D eigenvalue weighted by Gasteiger charge is -2.22. The van der Waals surface area contributed by atoms with Gasteiger partial charge in [0.1, 0.15) is 17.0 Å². The maximum Gasteiger partial charge on any atom is 0.323 e. The number of para-hydroxylation sites is 1. The summed E-state index contributed by atoms with van der Waals surface area (Å²) in [6.45, 7) is 2.54. The van der Waals surface area contributed by atoms with Crippen LogP contribution in [0.4, 0.5) is 22.0 Å². The van der Waals surface area contributed by atoms with Gasteiger partial charge in [-0.3, -0.25) is 4.90 Å². The van der Waals surface area contributed by atoms with Gasteiger partial charge in [-0.15, -0.1) is 11.3 Å². The van der Waals surface area contributed by atoms with Crippen LogP contribution in [0.3, 0.4) is 0 Å². The smallest absolute Gasteiger partial charge is 0.323 e. The van der Waals surface area contributed by atoms with E-state index < -0.39 is 6.03 Å². The number of ether oxygens (including phenoxy) is 1. The molecule has 0 unspecified atom stereocenters. The quantitative estimate of drug-likeness (QED) is 0.460. The van der Waals surface area contributed by atoms with E-state index in [0.717, 1.165) is 43.9 Å². The van der Waals surface area contributed by atoms with E-state index in [1.165, 1.54) is 11.2 Å². The molecule has 0 fully saturated rings. The standard InChI is InChI=1S/C23H23N5O2S/c1-14-5-3-4-6-17(14)28(23(25)29)16-9-7-15(8-10-16)19-18(11-12-30-2)31-22-20(19)21(24)26-13-27-22/h3-10,13H,11-12H2,1-2H3,(H2,25,29)(H2,24,26,27). The van der Waals surface area contributed by atoms with Crippen LogP contribution in [0.25, 0.3) is 21.3 Å². The third-order valence-corrected chi connectivity index (χ3v) is 6.27. The predicted molar refractivity (Wildman–Crippen MR) is 126 cm³/mol. The highest BCUT2D eigenvalue weighted by Crippen LogP contribution is 2.41. The second kappa shape index (κ2) is 8.71. The molecule has 0 spiro atoms. The van der Waals surface area contributed by atoms with E-state index in [0.29, 0.717) is 18.1 Å². The second-order valence-electron chi connectivity index (χ2n) is 7.09. The van der Waals surface area contributed by atoms with Crippen LogP contribution in [0.1, 0.15) is 10.4 Å². The molecule has 2 aromatic heterocycles. The van der Waals surface area contributed by atoms with Crippen molar-refractivity contribution in [2.45, 2.75) is 13.3 Å². The first-order valence-corrected chi connectivity index (χ1v) is 10.6. The van der Waals surface area contributed by atoms with Gasteiger partial charge in [0.25, 0.3) is 0 Å². The number of primary amides is 1. The Balaban J connectivity index is 1.80. The molecule has 0 saturated carbocycles. The number of carbonyl (C=O) groups excluding carboxylic acids is 1. The lowest BCUT2D eigenvalue weighted by atomic mass is 10.0. The monoisotopic (exact) mass is 433 g/mol. The number of hydrogen-bond donors (Lipinski definition) is 2. The van der Waals surface area contributed by atoms with E-state index in [9.17, 15) is 4.79 Å². The number of aromatic nitrogens is 2. The molecule has 4 N–H and O–H groups in total. The van der Waals surface area contributed by atoms with Crippen LogP contribution < -0.4 is 16.4 Å². The fourth-order valence-electron chi connectivity index (χ4n) is 3.65. The molecule has 2 amide bonds. The summed E-state index contributed by atoms with van der Waals surface area (Å²) in [6.07, 6.45) is 2.22. The highest BCUT2D eigenvalue weighted by atomic mass is 32.1. The number of methoxy groups -OCH3 is 1. The third-order valence-electron chi connectivity index (χ3n) is 5.11. The Labute approximate surface area is 184 Å². The van der Waals surface area contributed by atoms with Crippen molar-refractivity contribution in [1.29, 1.82) is 0 Å². The molecule has 8 heteroatoms. The number of hydrogen-bond acceptors (Lipinski definition) is 6. The Morgan fingerprint density at radius 1 is 1.13 bits per heavy atom. The summed E-state index contributed by atoms with van der Waals surface area (Å²) >= 11 is 1.59. The molecule has 2 heterocycles. The molecule has 0 bridgehead atoms. The molecule has 7 nitrogen and oxygen atoms in total. The summed E-state index contributed by atoms with van der Waals surface area (Å²) in [6, 6.07) is 14.8. The van der Waals surface area contributed by atoms with Crippen LogP contribution in [0.5, 0.6) is 0 Å². The Morgan fingerprint density at radius 3 is 2.55 bits per heavy atom. The Hall–Kier alpha value is -3.49. The summed E-state index contributed by atoms with van der Waals surface area (Å²) in [7, 11) is 1.68. The number of nitrogens with zero attached hydrogens (tertiary/aromatic N) is 3. The van der Waals surface area contributed by atoms with Crippen LogP contribution in [0.15, 0.2) is 54.9 Å². The van der Waals surface area contributed by atoms with Gasteiger partial charge in [0.15, 0.2) is 0 Å². The number of amides is 2. The highest BCUT2D eigenvalue weighted by molar-refractivity contribution is 7.19. The number of anilines is 3. The summed E-state index contributed by atoms with van der Waals surface area (Å²) in [5, 5.41) is 0.844. The largest absolute Gasteiger partial charge is 0.384 e. The van der Waals surface area contributed by atoms with Crippen LogP contribution >= 0.6 is 11.3 Å². The van der Waals surface area contributed by atoms with Crippen LogP contribution in [-0.2, 0) is 11.2 Å². The topological polar surface area (TPSA) is 107 Å². The zero-order valence-corrected chi connectivity index (χ0v) is 18.1.